The Balaban J connectivity index is 0.00000137. The minimum atomic E-state index is -2.80. The topological polar surface area (TPSA) is 147 Å². The number of nitrogens with zero attached hydrogens (tertiary/aromatic N) is 4. The average molecular weight is 1030 g/mol. The first-order valence-electron chi connectivity index (χ1n) is 26.0. The minimum Gasteiger partial charge on any atom is -0.468 e. The predicted octanol–water partition coefficient (Wildman–Crippen LogP) is 13.5. The second-order valence-corrected chi connectivity index (χ2v) is 21.8. The molecule has 3 heterocycles. The molecule has 412 valence electrons. The minimum absolute atomic E-state index is 0.00850. The maximum Gasteiger partial charge on any atom is 0.433 e. The highest BCUT2D eigenvalue weighted by Gasteiger charge is 2.60. The Morgan fingerprint density at radius 1 is 0.973 bits per heavy atom. The zero-order valence-corrected chi connectivity index (χ0v) is 48.3. The summed E-state index contributed by atoms with van der Waals surface area (Å²) < 4.78 is 66.2. The number of alkyl halides is 2. The molecule has 5 rings (SSSR count). The largest absolute Gasteiger partial charge is 0.468 e. The van der Waals surface area contributed by atoms with Gasteiger partial charge in [0.15, 0.2) is 6.79 Å². The number of amides is 1. The van der Waals surface area contributed by atoms with E-state index in [9.17, 15) is 13.6 Å². The van der Waals surface area contributed by atoms with Crippen molar-refractivity contribution >= 4 is 40.4 Å². The van der Waals surface area contributed by atoms with E-state index in [-0.39, 0.29) is 60.9 Å². The SMILES string of the molecule is C=C/C(N)=c1\c(N)nc(OCC23CCN2CC(F)(F)C3)n\c1=C(/F)Cc1cc(OCOC)cc2cccc(C#CC)c12.CC(C)C.CC(C)C.CC(C)C.CCC.CCCC(/C=N/C(=O)OC(C)(C)C)C(C)C. The van der Waals surface area contributed by atoms with Crippen LogP contribution in [-0.2, 0) is 15.9 Å². The Bertz CT molecular complexity index is 2330. The number of ether oxygens (including phenoxy) is 4. The molecule has 1 aromatic heterocycles. The monoisotopic (exact) mass is 1020 g/mol. The van der Waals surface area contributed by atoms with Crippen LogP contribution in [0.15, 0.2) is 48.0 Å². The fraction of sp³-hybridized carbons (Fsp3) is 0.627. The quantitative estimate of drug-likeness (QED) is 0.0963. The van der Waals surface area contributed by atoms with Crippen LogP contribution in [0.4, 0.5) is 23.8 Å². The van der Waals surface area contributed by atoms with Crippen LogP contribution >= 0.6 is 0 Å². The zero-order valence-electron chi connectivity index (χ0n) is 48.3. The van der Waals surface area contributed by atoms with E-state index in [1.54, 1.807) is 24.1 Å². The van der Waals surface area contributed by atoms with Crippen molar-refractivity contribution in [3.63, 3.8) is 0 Å². The van der Waals surface area contributed by atoms with E-state index < -0.39 is 29.0 Å². The zero-order chi connectivity index (χ0) is 56.3. The Morgan fingerprint density at radius 3 is 2.03 bits per heavy atom. The van der Waals surface area contributed by atoms with E-state index >= 15 is 4.39 Å². The number of carbonyl (C=O) groups is 1. The van der Waals surface area contributed by atoms with Crippen molar-refractivity contribution in [2.45, 2.75) is 180 Å². The highest BCUT2D eigenvalue weighted by molar-refractivity contribution is 5.93. The van der Waals surface area contributed by atoms with Gasteiger partial charge >= 0.3 is 12.1 Å². The Morgan fingerprint density at radius 2 is 1.56 bits per heavy atom. The number of hydrogen-bond donors (Lipinski definition) is 2. The smallest absolute Gasteiger partial charge is 0.433 e. The van der Waals surface area contributed by atoms with Gasteiger partial charge in [-0.2, -0.15) is 15.0 Å². The number of benzene rings is 2. The first-order chi connectivity index (χ1) is 34.0. The second-order valence-electron chi connectivity index (χ2n) is 21.8. The molecular weight excluding hydrogens is 930 g/mol. The molecule has 0 bridgehead atoms. The van der Waals surface area contributed by atoms with Gasteiger partial charge in [0.2, 0.25) is 0 Å². The molecule has 2 unspecified atom stereocenters. The van der Waals surface area contributed by atoms with Gasteiger partial charge in [0.05, 0.1) is 17.3 Å². The first kappa shape index (κ1) is 67.9. The van der Waals surface area contributed by atoms with E-state index in [2.05, 4.69) is 130 Å². The van der Waals surface area contributed by atoms with E-state index in [1.165, 1.54) is 19.6 Å². The molecule has 2 saturated heterocycles. The lowest BCUT2D eigenvalue weighted by Gasteiger charge is -2.46. The molecule has 2 aliphatic rings. The van der Waals surface area contributed by atoms with Crippen LogP contribution in [0.25, 0.3) is 22.3 Å². The molecule has 2 fully saturated rings. The van der Waals surface area contributed by atoms with Gasteiger partial charge < -0.3 is 30.4 Å². The summed E-state index contributed by atoms with van der Waals surface area (Å²) in [5.74, 6) is 6.23. The lowest BCUT2D eigenvalue weighted by molar-refractivity contribution is -0.0134. The Kier molecular flexibility index (Phi) is 31.3. The number of rotatable bonds is 13. The third-order valence-corrected chi connectivity index (χ3v) is 9.90. The summed E-state index contributed by atoms with van der Waals surface area (Å²) in [4.78, 5) is 25.4. The van der Waals surface area contributed by atoms with Crippen LogP contribution in [0.5, 0.6) is 11.8 Å². The molecule has 0 spiro atoms. The van der Waals surface area contributed by atoms with Gasteiger partial charge in [-0.3, -0.25) is 4.90 Å². The van der Waals surface area contributed by atoms with Gasteiger partial charge in [0, 0.05) is 49.4 Å². The number of anilines is 1. The molecule has 4 N–H and O–H groups in total. The van der Waals surface area contributed by atoms with Crippen molar-refractivity contribution in [2.24, 2.45) is 40.3 Å². The number of aliphatic imine (C=N–C) groups is 1. The summed E-state index contributed by atoms with van der Waals surface area (Å²) in [5, 5.41) is 1.44. The standard InChI is InChI=1S/C31H32F3N5O3.C13H25NO2.3C4H10.C3H8/c1-4-7-19-8-6-9-20-12-22(42-18-40-3)13-21(25(19)20)14-23(32)27-26(24(35)5-2)28(36)38-29(37-27)41-17-30-10-11-39(30)16-31(33,34)15-30;1-7-8-11(10(2)3)9-14-12(15)16-13(4,5)6;3*1-4(2)3;1-3-2/h5-6,8-9,12-13H,2,10-11,14-18,35H2,1,3H3,(H2,36,37,38);9-11H,7-8H2,1-6H3;3*4H,1-3H3;3H2,1-2H3/b26-24+,27-23-;14-9+;;;;. The fourth-order valence-corrected chi connectivity index (χ4v) is 7.05. The Hall–Kier alpha value is -5.13. The van der Waals surface area contributed by atoms with Gasteiger partial charge in [0.1, 0.15) is 35.0 Å². The van der Waals surface area contributed by atoms with Crippen molar-refractivity contribution in [1.29, 1.82) is 0 Å². The molecule has 3 aromatic rings. The summed E-state index contributed by atoms with van der Waals surface area (Å²) in [6.07, 6.45) is 5.99. The van der Waals surface area contributed by atoms with Gasteiger partial charge in [-0.05, 0) is 105 Å². The van der Waals surface area contributed by atoms with Gasteiger partial charge in [-0.1, -0.05) is 134 Å². The molecule has 0 radical (unpaired) electrons. The number of aromatic nitrogens is 2. The number of fused-ring (bicyclic) bond motifs is 2. The van der Waals surface area contributed by atoms with Crippen molar-refractivity contribution in [2.75, 3.05) is 39.3 Å². The summed E-state index contributed by atoms with van der Waals surface area (Å²) >= 11 is 0. The average Bonchev–Trinajstić information content (AvgIpc) is 3.44. The Labute approximate surface area is 438 Å². The number of nitrogens with two attached hydrogens (primary N) is 2. The molecule has 0 aliphatic carbocycles. The molecule has 2 aliphatic heterocycles. The van der Waals surface area contributed by atoms with Crippen molar-refractivity contribution < 1.29 is 36.9 Å². The van der Waals surface area contributed by atoms with Crippen LogP contribution in [0.2, 0.25) is 0 Å². The van der Waals surface area contributed by atoms with Crippen molar-refractivity contribution in [1.82, 2.24) is 14.9 Å². The molecule has 2 atom stereocenters. The fourth-order valence-electron chi connectivity index (χ4n) is 7.05. The lowest BCUT2D eigenvalue weighted by atomic mass is 9.85. The second kappa shape index (κ2) is 33.6. The van der Waals surface area contributed by atoms with E-state index in [4.69, 9.17) is 30.4 Å². The maximum absolute atomic E-state index is 16.4. The number of carbonyl (C=O) groups excluding carboxylic acids is 1. The molecule has 0 saturated carbocycles. The van der Waals surface area contributed by atoms with Crippen LogP contribution in [0.1, 0.15) is 168 Å². The summed E-state index contributed by atoms with van der Waals surface area (Å²) in [6.45, 7) is 41.3. The van der Waals surface area contributed by atoms with E-state index in [1.807, 2.05) is 45.0 Å². The summed E-state index contributed by atoms with van der Waals surface area (Å²) in [6, 6.07) is 8.92. The van der Waals surface area contributed by atoms with E-state index in [0.29, 0.717) is 36.1 Å². The van der Waals surface area contributed by atoms with Crippen molar-refractivity contribution in [3.05, 3.63) is 64.7 Å². The number of hydrogen-bond acceptors (Lipinski definition) is 10. The highest BCUT2D eigenvalue weighted by Crippen LogP contribution is 2.47. The maximum atomic E-state index is 16.4. The highest BCUT2D eigenvalue weighted by atomic mass is 19.3. The van der Waals surface area contributed by atoms with Crippen LogP contribution in [-0.4, -0.2) is 77.8 Å². The van der Waals surface area contributed by atoms with Crippen LogP contribution in [0, 0.1) is 41.4 Å². The third-order valence-electron chi connectivity index (χ3n) is 9.90. The first-order valence-corrected chi connectivity index (χ1v) is 26.0. The molecule has 11 nitrogen and oxygen atoms in total. The van der Waals surface area contributed by atoms with Gasteiger partial charge in [0.25, 0.3) is 5.92 Å². The molecule has 73 heavy (non-hydrogen) atoms. The normalized spacial score (nSPS) is 16.7. The summed E-state index contributed by atoms with van der Waals surface area (Å²) in [7, 11) is 1.51. The van der Waals surface area contributed by atoms with Crippen LogP contribution < -0.4 is 31.5 Å². The number of halogens is 3. The number of nitrogen functional groups attached to an aromatic ring is 1. The van der Waals surface area contributed by atoms with Gasteiger partial charge in [-0.15, -0.1) is 5.92 Å². The van der Waals surface area contributed by atoms with Crippen LogP contribution in [0.3, 0.4) is 0 Å². The molecule has 1 amide bonds. The summed E-state index contributed by atoms with van der Waals surface area (Å²) in [5.41, 5.74) is 12.5. The molecule has 2 aromatic carbocycles. The molecule has 14 heteroatoms. The third kappa shape index (κ3) is 26.1. The van der Waals surface area contributed by atoms with Crippen molar-refractivity contribution in [3.8, 4) is 23.6 Å². The molecular formula is C59H95F3N6O5. The van der Waals surface area contributed by atoms with Gasteiger partial charge in [-0.25, -0.2) is 18.0 Å². The number of methoxy groups -OCH3 is 1. The van der Waals surface area contributed by atoms with E-state index in [0.717, 1.165) is 46.9 Å². The lowest BCUT2D eigenvalue weighted by Crippen LogP contribution is -2.59. The predicted molar refractivity (Wildman–Crippen MR) is 300 cm³/mol.